The molecular formula is C20H25N4O3+. The van der Waals surface area contributed by atoms with Gasteiger partial charge in [-0.15, -0.1) is 0 Å². The Labute approximate surface area is 158 Å². The molecule has 0 bridgehead atoms. The van der Waals surface area contributed by atoms with Crippen molar-refractivity contribution in [2.75, 3.05) is 31.3 Å². The predicted molar refractivity (Wildman–Crippen MR) is 105 cm³/mol. The SMILES string of the molecule is CNC(=O)c1ccc(C[NH+](C)CC(=O)Nc2ccc(NC(C)=O)cc2)cc1. The summed E-state index contributed by atoms with van der Waals surface area (Å²) >= 11 is 0. The number of nitrogens with one attached hydrogen (secondary N) is 4. The van der Waals surface area contributed by atoms with E-state index in [0.29, 0.717) is 30.0 Å². The summed E-state index contributed by atoms with van der Waals surface area (Å²) in [5.74, 6) is -0.353. The van der Waals surface area contributed by atoms with Crippen molar-refractivity contribution in [3.05, 3.63) is 59.7 Å². The highest BCUT2D eigenvalue weighted by molar-refractivity contribution is 5.94. The van der Waals surface area contributed by atoms with E-state index in [2.05, 4.69) is 16.0 Å². The van der Waals surface area contributed by atoms with Crippen LogP contribution in [0.1, 0.15) is 22.8 Å². The molecule has 0 heterocycles. The number of hydrogen-bond acceptors (Lipinski definition) is 3. The van der Waals surface area contributed by atoms with Gasteiger partial charge >= 0.3 is 0 Å². The zero-order valence-electron chi connectivity index (χ0n) is 15.8. The molecule has 0 saturated heterocycles. The van der Waals surface area contributed by atoms with Crippen molar-refractivity contribution >= 4 is 29.1 Å². The fourth-order valence-corrected chi connectivity index (χ4v) is 2.65. The van der Waals surface area contributed by atoms with Crippen molar-refractivity contribution in [3.63, 3.8) is 0 Å². The molecule has 0 radical (unpaired) electrons. The van der Waals surface area contributed by atoms with Crippen molar-refractivity contribution in [1.29, 1.82) is 0 Å². The van der Waals surface area contributed by atoms with E-state index in [1.807, 2.05) is 19.2 Å². The molecule has 1 unspecified atom stereocenters. The lowest BCUT2D eigenvalue weighted by molar-refractivity contribution is -0.885. The van der Waals surface area contributed by atoms with Crippen LogP contribution in [-0.4, -0.2) is 38.4 Å². The van der Waals surface area contributed by atoms with Crippen LogP contribution in [0.2, 0.25) is 0 Å². The Hall–Kier alpha value is -3.19. The maximum absolute atomic E-state index is 12.2. The first-order chi connectivity index (χ1) is 12.9. The van der Waals surface area contributed by atoms with Crippen molar-refractivity contribution in [1.82, 2.24) is 5.32 Å². The van der Waals surface area contributed by atoms with Gasteiger partial charge in [0.1, 0.15) is 6.54 Å². The molecule has 3 amide bonds. The van der Waals surface area contributed by atoms with Crippen LogP contribution < -0.4 is 20.9 Å². The minimum absolute atomic E-state index is 0.0956. The maximum atomic E-state index is 12.2. The Bertz CT molecular complexity index is 801. The number of hydrogen-bond donors (Lipinski definition) is 4. The number of carbonyl (C=O) groups excluding carboxylic acids is 3. The molecule has 27 heavy (non-hydrogen) atoms. The Morgan fingerprint density at radius 1 is 0.889 bits per heavy atom. The minimum Gasteiger partial charge on any atom is -0.355 e. The highest BCUT2D eigenvalue weighted by Crippen LogP contribution is 2.13. The predicted octanol–water partition coefficient (Wildman–Crippen LogP) is 0.658. The van der Waals surface area contributed by atoms with E-state index in [0.717, 1.165) is 10.5 Å². The monoisotopic (exact) mass is 369 g/mol. The summed E-state index contributed by atoms with van der Waals surface area (Å²) in [6, 6.07) is 14.3. The lowest BCUT2D eigenvalue weighted by Gasteiger charge is -2.14. The molecule has 0 aliphatic rings. The average Bonchev–Trinajstić information content (AvgIpc) is 2.62. The molecule has 0 spiro atoms. The van der Waals surface area contributed by atoms with Gasteiger partial charge in [-0.2, -0.15) is 0 Å². The van der Waals surface area contributed by atoms with Crippen molar-refractivity contribution in [3.8, 4) is 0 Å². The molecule has 7 nitrogen and oxygen atoms in total. The topological polar surface area (TPSA) is 91.7 Å². The minimum atomic E-state index is -0.139. The quantitative estimate of drug-likeness (QED) is 0.578. The zero-order valence-corrected chi connectivity index (χ0v) is 15.8. The van der Waals surface area contributed by atoms with Crippen LogP contribution >= 0.6 is 0 Å². The first-order valence-corrected chi connectivity index (χ1v) is 8.67. The van der Waals surface area contributed by atoms with E-state index in [1.165, 1.54) is 6.92 Å². The maximum Gasteiger partial charge on any atom is 0.279 e. The number of carbonyl (C=O) groups is 3. The van der Waals surface area contributed by atoms with E-state index < -0.39 is 0 Å². The summed E-state index contributed by atoms with van der Waals surface area (Å²) in [6.07, 6.45) is 0. The highest BCUT2D eigenvalue weighted by Gasteiger charge is 2.12. The molecule has 4 N–H and O–H groups in total. The van der Waals surface area contributed by atoms with Crippen molar-refractivity contribution < 1.29 is 19.3 Å². The van der Waals surface area contributed by atoms with Crippen LogP contribution in [0, 0.1) is 0 Å². The van der Waals surface area contributed by atoms with Gasteiger partial charge in [-0.1, -0.05) is 12.1 Å². The Kier molecular flexibility index (Phi) is 7.08. The van der Waals surface area contributed by atoms with Crippen LogP contribution in [-0.2, 0) is 16.1 Å². The number of quaternary nitrogens is 1. The third-order valence-electron chi connectivity index (χ3n) is 3.90. The Balaban J connectivity index is 1.84. The third-order valence-corrected chi connectivity index (χ3v) is 3.90. The summed E-state index contributed by atoms with van der Waals surface area (Å²) in [5.41, 5.74) is 3.02. The second kappa shape index (κ2) is 9.49. The van der Waals surface area contributed by atoms with Crippen LogP contribution in [0.4, 0.5) is 11.4 Å². The molecule has 1 atom stereocenters. The highest BCUT2D eigenvalue weighted by atomic mass is 16.2. The molecule has 0 aliphatic heterocycles. The molecule has 2 aromatic rings. The molecule has 7 heteroatoms. The van der Waals surface area contributed by atoms with E-state index in [1.54, 1.807) is 43.4 Å². The summed E-state index contributed by atoms with van der Waals surface area (Å²) in [7, 11) is 3.53. The first-order valence-electron chi connectivity index (χ1n) is 8.67. The van der Waals surface area contributed by atoms with Gasteiger partial charge in [0.2, 0.25) is 5.91 Å². The summed E-state index contributed by atoms with van der Waals surface area (Å²) in [5, 5.41) is 8.11. The van der Waals surface area contributed by atoms with Crippen LogP contribution in [0.5, 0.6) is 0 Å². The van der Waals surface area contributed by atoms with Gasteiger partial charge in [0, 0.05) is 36.5 Å². The summed E-state index contributed by atoms with van der Waals surface area (Å²) in [6.45, 7) is 2.42. The molecular weight excluding hydrogens is 344 g/mol. The van der Waals surface area contributed by atoms with Gasteiger partial charge in [0.25, 0.3) is 11.8 Å². The fraction of sp³-hybridized carbons (Fsp3) is 0.250. The van der Waals surface area contributed by atoms with Crippen LogP contribution in [0.15, 0.2) is 48.5 Å². The number of benzene rings is 2. The van der Waals surface area contributed by atoms with Crippen LogP contribution in [0.3, 0.4) is 0 Å². The van der Waals surface area contributed by atoms with Gasteiger partial charge in [-0.25, -0.2) is 0 Å². The third kappa shape index (κ3) is 6.56. The van der Waals surface area contributed by atoms with Gasteiger partial charge in [0.15, 0.2) is 6.54 Å². The smallest absolute Gasteiger partial charge is 0.279 e. The van der Waals surface area contributed by atoms with Crippen molar-refractivity contribution in [2.24, 2.45) is 0 Å². The number of likely N-dealkylation sites (N-methyl/N-ethyl adjacent to an activating group) is 1. The molecule has 0 aliphatic carbocycles. The number of anilines is 2. The van der Waals surface area contributed by atoms with E-state index >= 15 is 0 Å². The largest absolute Gasteiger partial charge is 0.355 e. The molecule has 2 aromatic carbocycles. The van der Waals surface area contributed by atoms with Crippen molar-refractivity contribution in [2.45, 2.75) is 13.5 Å². The Morgan fingerprint density at radius 3 is 1.96 bits per heavy atom. The second-order valence-corrected chi connectivity index (χ2v) is 6.39. The van der Waals surface area contributed by atoms with E-state index in [4.69, 9.17) is 0 Å². The molecule has 142 valence electrons. The van der Waals surface area contributed by atoms with E-state index in [9.17, 15) is 14.4 Å². The van der Waals surface area contributed by atoms with Gasteiger partial charge in [-0.3, -0.25) is 14.4 Å². The number of amides is 3. The lowest BCUT2D eigenvalue weighted by atomic mass is 10.1. The fourth-order valence-electron chi connectivity index (χ4n) is 2.65. The normalized spacial score (nSPS) is 11.4. The summed E-state index contributed by atoms with van der Waals surface area (Å²) < 4.78 is 0. The van der Waals surface area contributed by atoms with Gasteiger partial charge < -0.3 is 20.9 Å². The zero-order chi connectivity index (χ0) is 19.8. The molecule has 2 rings (SSSR count). The van der Waals surface area contributed by atoms with Crippen LogP contribution in [0.25, 0.3) is 0 Å². The standard InChI is InChI=1S/C20H24N4O3/c1-14(25)22-17-8-10-18(11-9-17)23-19(26)13-24(3)12-15-4-6-16(7-5-15)20(27)21-2/h4-11H,12-13H2,1-3H3,(H,21,27)(H,22,25)(H,23,26)/p+1. The molecule has 0 aromatic heterocycles. The van der Waals surface area contributed by atoms with Gasteiger partial charge in [-0.05, 0) is 36.4 Å². The first kappa shape index (κ1) is 20.1. The second-order valence-electron chi connectivity index (χ2n) is 6.39. The molecule has 0 fully saturated rings. The Morgan fingerprint density at radius 2 is 1.44 bits per heavy atom. The lowest BCUT2D eigenvalue weighted by Crippen LogP contribution is -3.08. The average molecular weight is 369 g/mol. The van der Waals surface area contributed by atoms with Gasteiger partial charge in [0.05, 0.1) is 7.05 Å². The van der Waals surface area contributed by atoms with E-state index in [-0.39, 0.29) is 17.7 Å². The summed E-state index contributed by atoms with van der Waals surface area (Å²) in [4.78, 5) is 35.8. The molecule has 0 saturated carbocycles. The number of rotatable bonds is 7.